The van der Waals surface area contributed by atoms with E-state index in [4.69, 9.17) is 0 Å². The van der Waals surface area contributed by atoms with Gasteiger partial charge in [-0.2, -0.15) is 0 Å². The molecule has 3 nitrogen and oxygen atoms in total. The Hall–Kier alpha value is -1.81. The molecule has 0 bridgehead atoms. The lowest BCUT2D eigenvalue weighted by Crippen LogP contribution is -2.24. The molecule has 104 valence electrons. The monoisotopic (exact) mass is 332 g/mol. The average Bonchev–Trinajstić information content (AvgIpc) is 2.48. The van der Waals surface area contributed by atoms with Gasteiger partial charge in [-0.1, -0.05) is 42.5 Å². The minimum atomic E-state index is 0.0495. The molecule has 2 rings (SSSR count). The van der Waals surface area contributed by atoms with E-state index in [9.17, 15) is 4.79 Å². The van der Waals surface area contributed by atoms with Crippen molar-refractivity contribution in [2.24, 2.45) is 0 Å². The van der Waals surface area contributed by atoms with Crippen LogP contribution in [0.5, 0.6) is 0 Å². The summed E-state index contributed by atoms with van der Waals surface area (Å²) in [5.74, 6) is 0.0495. The van der Waals surface area contributed by atoms with Gasteiger partial charge in [-0.25, -0.2) is 0 Å². The van der Waals surface area contributed by atoms with E-state index >= 15 is 0 Å². The van der Waals surface area contributed by atoms with Crippen LogP contribution < -0.4 is 10.6 Å². The third kappa shape index (κ3) is 4.70. The standard InChI is InChI=1S/C16H17BrN2O/c17-14-8-4-5-9-15(14)18-11-10-16(20)19-12-13-6-2-1-3-7-13/h1-9,18H,10-12H2,(H,19,20). The van der Waals surface area contributed by atoms with Crippen molar-refractivity contribution in [2.45, 2.75) is 13.0 Å². The first-order valence-corrected chi connectivity index (χ1v) is 7.34. The Morgan fingerprint density at radius 2 is 1.70 bits per heavy atom. The molecule has 2 aromatic carbocycles. The molecule has 0 atom stereocenters. The molecule has 4 heteroatoms. The summed E-state index contributed by atoms with van der Waals surface area (Å²) in [5.41, 5.74) is 2.11. The smallest absolute Gasteiger partial charge is 0.222 e. The molecule has 2 aromatic rings. The van der Waals surface area contributed by atoms with Crippen molar-refractivity contribution in [3.8, 4) is 0 Å². The van der Waals surface area contributed by atoms with Crippen LogP contribution in [0.15, 0.2) is 59.1 Å². The highest BCUT2D eigenvalue weighted by Gasteiger charge is 2.02. The number of anilines is 1. The van der Waals surface area contributed by atoms with E-state index in [0.717, 1.165) is 15.7 Å². The van der Waals surface area contributed by atoms with E-state index in [1.165, 1.54) is 0 Å². The molecule has 2 N–H and O–H groups in total. The molecule has 0 saturated heterocycles. The van der Waals surface area contributed by atoms with Crippen molar-refractivity contribution in [1.29, 1.82) is 0 Å². The molecule has 0 aliphatic rings. The molecule has 1 amide bonds. The van der Waals surface area contributed by atoms with Crippen LogP contribution in [0.4, 0.5) is 5.69 Å². The molecule has 0 spiro atoms. The highest BCUT2D eigenvalue weighted by Crippen LogP contribution is 2.20. The van der Waals surface area contributed by atoms with Gasteiger partial charge in [-0.15, -0.1) is 0 Å². The maximum absolute atomic E-state index is 11.7. The highest BCUT2D eigenvalue weighted by molar-refractivity contribution is 9.10. The van der Waals surface area contributed by atoms with Crippen LogP contribution in [0, 0.1) is 0 Å². The lowest BCUT2D eigenvalue weighted by Gasteiger charge is -2.09. The summed E-state index contributed by atoms with van der Waals surface area (Å²) in [4.78, 5) is 11.7. The minimum absolute atomic E-state index is 0.0495. The van der Waals surface area contributed by atoms with E-state index in [2.05, 4.69) is 26.6 Å². The Balaban J connectivity index is 1.69. The number of nitrogens with one attached hydrogen (secondary N) is 2. The average molecular weight is 333 g/mol. The topological polar surface area (TPSA) is 41.1 Å². The van der Waals surface area contributed by atoms with Crippen molar-refractivity contribution < 1.29 is 4.79 Å². The molecule has 0 unspecified atom stereocenters. The fourth-order valence-electron chi connectivity index (χ4n) is 1.80. The van der Waals surface area contributed by atoms with Gasteiger partial charge in [-0.05, 0) is 33.6 Å². The second-order valence-electron chi connectivity index (χ2n) is 4.42. The predicted molar refractivity (Wildman–Crippen MR) is 85.5 cm³/mol. The lowest BCUT2D eigenvalue weighted by atomic mass is 10.2. The summed E-state index contributed by atoms with van der Waals surface area (Å²) in [6.45, 7) is 1.19. The van der Waals surface area contributed by atoms with E-state index in [1.54, 1.807) is 0 Å². The van der Waals surface area contributed by atoms with Crippen LogP contribution in [0.3, 0.4) is 0 Å². The molecule has 0 fully saturated rings. The third-order valence-electron chi connectivity index (χ3n) is 2.87. The van der Waals surface area contributed by atoms with E-state index < -0.39 is 0 Å². The first kappa shape index (κ1) is 14.6. The van der Waals surface area contributed by atoms with Crippen molar-refractivity contribution in [3.63, 3.8) is 0 Å². The van der Waals surface area contributed by atoms with Gasteiger partial charge in [0.2, 0.25) is 5.91 Å². The summed E-state index contributed by atoms with van der Waals surface area (Å²) in [6.07, 6.45) is 0.453. The van der Waals surface area contributed by atoms with Crippen molar-refractivity contribution >= 4 is 27.5 Å². The van der Waals surface area contributed by atoms with Gasteiger partial charge in [0.05, 0.1) is 0 Å². The number of carbonyl (C=O) groups excluding carboxylic acids is 1. The molecule has 20 heavy (non-hydrogen) atoms. The predicted octanol–water partition coefficient (Wildman–Crippen LogP) is 3.57. The van der Waals surface area contributed by atoms with Gasteiger partial charge in [0.25, 0.3) is 0 Å². The number of hydrogen-bond donors (Lipinski definition) is 2. The maximum Gasteiger partial charge on any atom is 0.222 e. The normalized spacial score (nSPS) is 10.1. The van der Waals surface area contributed by atoms with Gasteiger partial charge in [0.15, 0.2) is 0 Å². The number of hydrogen-bond acceptors (Lipinski definition) is 2. The molecular formula is C16H17BrN2O. The number of benzene rings is 2. The highest BCUT2D eigenvalue weighted by atomic mass is 79.9. The second-order valence-corrected chi connectivity index (χ2v) is 5.27. The van der Waals surface area contributed by atoms with Crippen molar-refractivity contribution in [2.75, 3.05) is 11.9 Å². The van der Waals surface area contributed by atoms with Gasteiger partial charge >= 0.3 is 0 Å². The summed E-state index contributed by atoms with van der Waals surface area (Å²) in [5, 5.41) is 6.14. The van der Waals surface area contributed by atoms with E-state index in [0.29, 0.717) is 19.5 Å². The Morgan fingerprint density at radius 1 is 1.00 bits per heavy atom. The Kier molecular flexibility index (Phi) is 5.62. The number of para-hydroxylation sites is 1. The Labute approximate surface area is 127 Å². The van der Waals surface area contributed by atoms with Crippen LogP contribution in [0.2, 0.25) is 0 Å². The number of rotatable bonds is 6. The summed E-state index contributed by atoms with van der Waals surface area (Å²) >= 11 is 3.46. The second kappa shape index (κ2) is 7.70. The van der Waals surface area contributed by atoms with Gasteiger partial charge in [-0.3, -0.25) is 4.79 Å². The van der Waals surface area contributed by atoms with Gasteiger partial charge in [0.1, 0.15) is 0 Å². The maximum atomic E-state index is 11.7. The molecule has 0 aliphatic heterocycles. The zero-order valence-corrected chi connectivity index (χ0v) is 12.7. The number of amides is 1. The van der Waals surface area contributed by atoms with Crippen molar-refractivity contribution in [1.82, 2.24) is 5.32 Å². The molecule has 0 aromatic heterocycles. The van der Waals surface area contributed by atoms with Crippen LogP contribution in [0.25, 0.3) is 0 Å². The Bertz CT molecular complexity index is 557. The molecule has 0 radical (unpaired) electrons. The fourth-order valence-corrected chi connectivity index (χ4v) is 2.23. The molecule has 0 heterocycles. The van der Waals surface area contributed by atoms with Crippen LogP contribution in [-0.2, 0) is 11.3 Å². The summed E-state index contributed by atoms with van der Waals surface area (Å²) in [6, 6.07) is 17.8. The number of carbonyl (C=O) groups is 1. The summed E-state index contributed by atoms with van der Waals surface area (Å²) in [7, 11) is 0. The lowest BCUT2D eigenvalue weighted by molar-refractivity contribution is -0.121. The Morgan fingerprint density at radius 3 is 2.45 bits per heavy atom. The van der Waals surface area contributed by atoms with E-state index in [-0.39, 0.29) is 5.91 Å². The fraction of sp³-hybridized carbons (Fsp3) is 0.188. The largest absolute Gasteiger partial charge is 0.384 e. The zero-order valence-electron chi connectivity index (χ0n) is 11.1. The number of halogens is 1. The first-order chi connectivity index (χ1) is 9.75. The summed E-state index contributed by atoms with van der Waals surface area (Å²) < 4.78 is 1.00. The zero-order chi connectivity index (χ0) is 14.2. The van der Waals surface area contributed by atoms with E-state index in [1.807, 2.05) is 54.6 Å². The molecular weight excluding hydrogens is 316 g/mol. The SMILES string of the molecule is O=C(CCNc1ccccc1Br)NCc1ccccc1. The van der Waals surface area contributed by atoms with Gasteiger partial charge in [0, 0.05) is 29.7 Å². The molecule has 0 saturated carbocycles. The van der Waals surface area contributed by atoms with Gasteiger partial charge < -0.3 is 10.6 Å². The van der Waals surface area contributed by atoms with Crippen LogP contribution >= 0.6 is 15.9 Å². The third-order valence-corrected chi connectivity index (χ3v) is 3.57. The minimum Gasteiger partial charge on any atom is -0.384 e. The first-order valence-electron chi connectivity index (χ1n) is 6.55. The van der Waals surface area contributed by atoms with Crippen LogP contribution in [0.1, 0.15) is 12.0 Å². The van der Waals surface area contributed by atoms with Crippen molar-refractivity contribution in [3.05, 3.63) is 64.6 Å². The van der Waals surface area contributed by atoms with Crippen LogP contribution in [-0.4, -0.2) is 12.5 Å². The molecule has 0 aliphatic carbocycles. The quantitative estimate of drug-likeness (QED) is 0.849.